The van der Waals surface area contributed by atoms with Crippen LogP contribution in [0.5, 0.6) is 0 Å². The van der Waals surface area contributed by atoms with Gasteiger partial charge >= 0.3 is 0 Å². The van der Waals surface area contributed by atoms with Crippen molar-refractivity contribution in [1.82, 2.24) is 9.55 Å². The average molecular weight is 254 g/mol. The van der Waals surface area contributed by atoms with Crippen molar-refractivity contribution in [2.24, 2.45) is 0 Å². The molecular formula is C16H18N2O. The van der Waals surface area contributed by atoms with Gasteiger partial charge in [-0.05, 0) is 29.9 Å². The minimum absolute atomic E-state index is 0.264. The zero-order valence-electron chi connectivity index (χ0n) is 10.9. The minimum atomic E-state index is -0.264. The Balaban J connectivity index is 1.83. The fourth-order valence-electron chi connectivity index (χ4n) is 2.98. The zero-order valence-corrected chi connectivity index (χ0v) is 10.9. The Labute approximate surface area is 113 Å². The molecule has 1 unspecified atom stereocenters. The number of imidazole rings is 1. The van der Waals surface area contributed by atoms with Gasteiger partial charge in [-0.25, -0.2) is 4.98 Å². The summed E-state index contributed by atoms with van der Waals surface area (Å²) in [5.74, 6) is 0.719. The van der Waals surface area contributed by atoms with Crippen molar-refractivity contribution in [1.29, 1.82) is 0 Å². The van der Waals surface area contributed by atoms with Gasteiger partial charge in [0.05, 0.1) is 6.33 Å². The maximum Gasteiger partial charge on any atom is 0.147 e. The molecule has 3 rings (SSSR count). The number of aromatic nitrogens is 2. The molecule has 0 aliphatic heterocycles. The lowest BCUT2D eigenvalue weighted by atomic mass is 9.95. The van der Waals surface area contributed by atoms with Gasteiger partial charge in [-0.3, -0.25) is 0 Å². The van der Waals surface area contributed by atoms with Crippen molar-refractivity contribution >= 4 is 6.29 Å². The molecule has 0 radical (unpaired) electrons. The van der Waals surface area contributed by atoms with Crippen LogP contribution in [0.1, 0.15) is 48.8 Å². The first-order chi connectivity index (χ1) is 9.38. The van der Waals surface area contributed by atoms with Crippen molar-refractivity contribution in [3.8, 4) is 0 Å². The molecule has 1 aliphatic rings. The fourth-order valence-corrected chi connectivity index (χ4v) is 2.98. The summed E-state index contributed by atoms with van der Waals surface area (Å²) in [5.41, 5.74) is 2.44. The number of hydrogen-bond donors (Lipinski definition) is 0. The Morgan fingerprint density at radius 3 is 2.53 bits per heavy atom. The third kappa shape index (κ3) is 2.46. The lowest BCUT2D eigenvalue weighted by Gasteiger charge is -2.14. The third-order valence-corrected chi connectivity index (χ3v) is 4.08. The summed E-state index contributed by atoms with van der Waals surface area (Å²) in [6.07, 6.45) is 11.5. The Morgan fingerprint density at radius 2 is 1.95 bits per heavy atom. The average Bonchev–Trinajstić information content (AvgIpc) is 3.14. The second-order valence-corrected chi connectivity index (χ2v) is 5.24. The first kappa shape index (κ1) is 12.2. The largest absolute Gasteiger partial charge is 0.323 e. The maximum absolute atomic E-state index is 11.3. The molecule has 0 bridgehead atoms. The van der Waals surface area contributed by atoms with Gasteiger partial charge in [0.1, 0.15) is 12.3 Å². The first-order valence-corrected chi connectivity index (χ1v) is 6.91. The first-order valence-electron chi connectivity index (χ1n) is 6.91. The van der Waals surface area contributed by atoms with E-state index >= 15 is 0 Å². The molecule has 0 saturated heterocycles. The molecule has 0 amide bonds. The summed E-state index contributed by atoms with van der Waals surface area (Å²) in [4.78, 5) is 15.3. The molecule has 1 aromatic heterocycles. The van der Waals surface area contributed by atoms with Crippen LogP contribution in [-0.2, 0) is 4.79 Å². The van der Waals surface area contributed by atoms with E-state index in [0.29, 0.717) is 0 Å². The van der Waals surface area contributed by atoms with Gasteiger partial charge in [-0.1, -0.05) is 37.1 Å². The topological polar surface area (TPSA) is 34.9 Å². The van der Waals surface area contributed by atoms with Crippen molar-refractivity contribution in [2.45, 2.75) is 37.6 Å². The van der Waals surface area contributed by atoms with Crippen LogP contribution in [0, 0.1) is 0 Å². The lowest BCUT2D eigenvalue weighted by Crippen LogP contribution is -2.10. The monoisotopic (exact) mass is 254 g/mol. The van der Waals surface area contributed by atoms with Crippen LogP contribution in [0.2, 0.25) is 0 Å². The Hall–Kier alpha value is -1.90. The quantitative estimate of drug-likeness (QED) is 0.784. The van der Waals surface area contributed by atoms with Crippen LogP contribution in [-0.4, -0.2) is 15.8 Å². The number of aldehydes is 1. The van der Waals surface area contributed by atoms with Gasteiger partial charge in [0.25, 0.3) is 0 Å². The van der Waals surface area contributed by atoms with Crippen LogP contribution in [0.15, 0.2) is 43.0 Å². The molecule has 1 atom stereocenters. The number of nitrogens with zero attached hydrogens (tertiary/aromatic N) is 2. The van der Waals surface area contributed by atoms with E-state index in [4.69, 9.17) is 0 Å². The lowest BCUT2D eigenvalue weighted by molar-refractivity contribution is -0.109. The molecule has 1 saturated carbocycles. The molecule has 0 spiro atoms. The van der Waals surface area contributed by atoms with Gasteiger partial charge in [0.15, 0.2) is 0 Å². The number of carbonyl (C=O) groups is 1. The van der Waals surface area contributed by atoms with E-state index < -0.39 is 0 Å². The summed E-state index contributed by atoms with van der Waals surface area (Å²) >= 11 is 0. The molecule has 1 aromatic carbocycles. The standard InChI is InChI=1S/C16H18N2O/c19-11-16(18-10-9-17-12-18)15-7-5-14(6-8-15)13-3-1-2-4-13/h5-13,16H,1-4H2. The predicted octanol–water partition coefficient (Wildman–Crippen LogP) is 3.33. The summed E-state index contributed by atoms with van der Waals surface area (Å²) in [5, 5.41) is 0. The second kappa shape index (κ2) is 5.39. The van der Waals surface area contributed by atoms with Crippen LogP contribution < -0.4 is 0 Å². The van der Waals surface area contributed by atoms with Gasteiger partial charge < -0.3 is 9.36 Å². The smallest absolute Gasteiger partial charge is 0.147 e. The van der Waals surface area contributed by atoms with Crippen LogP contribution >= 0.6 is 0 Å². The Kier molecular flexibility index (Phi) is 3.45. The van der Waals surface area contributed by atoms with Crippen molar-refractivity contribution in [2.75, 3.05) is 0 Å². The summed E-state index contributed by atoms with van der Waals surface area (Å²) < 4.78 is 1.83. The normalized spacial score (nSPS) is 17.5. The molecule has 19 heavy (non-hydrogen) atoms. The number of rotatable bonds is 4. The number of carbonyl (C=O) groups excluding carboxylic acids is 1. The molecule has 3 heteroatoms. The highest BCUT2D eigenvalue weighted by molar-refractivity contribution is 5.62. The Bertz CT molecular complexity index is 524. The van der Waals surface area contributed by atoms with Crippen molar-refractivity contribution in [3.63, 3.8) is 0 Å². The summed E-state index contributed by atoms with van der Waals surface area (Å²) in [7, 11) is 0. The molecule has 1 heterocycles. The van der Waals surface area contributed by atoms with E-state index in [2.05, 4.69) is 29.2 Å². The molecule has 2 aromatic rings. The fraction of sp³-hybridized carbons (Fsp3) is 0.375. The van der Waals surface area contributed by atoms with Crippen LogP contribution in [0.4, 0.5) is 0 Å². The molecule has 3 nitrogen and oxygen atoms in total. The SMILES string of the molecule is O=CC(c1ccc(C2CCCC2)cc1)n1ccnc1. The molecule has 1 fully saturated rings. The predicted molar refractivity (Wildman–Crippen MR) is 74.1 cm³/mol. The zero-order chi connectivity index (χ0) is 13.1. The van der Waals surface area contributed by atoms with Gasteiger partial charge in [-0.15, -0.1) is 0 Å². The maximum atomic E-state index is 11.3. The summed E-state index contributed by atoms with van der Waals surface area (Å²) in [6.45, 7) is 0. The van der Waals surface area contributed by atoms with Crippen molar-refractivity contribution < 1.29 is 4.79 Å². The summed E-state index contributed by atoms with van der Waals surface area (Å²) in [6, 6.07) is 8.25. The third-order valence-electron chi connectivity index (χ3n) is 4.08. The highest BCUT2D eigenvalue weighted by Gasteiger charge is 2.18. The Morgan fingerprint density at radius 1 is 1.21 bits per heavy atom. The minimum Gasteiger partial charge on any atom is -0.323 e. The molecule has 0 N–H and O–H groups in total. The highest BCUT2D eigenvalue weighted by Crippen LogP contribution is 2.34. The van der Waals surface area contributed by atoms with Crippen molar-refractivity contribution in [3.05, 3.63) is 54.1 Å². The van der Waals surface area contributed by atoms with E-state index in [1.807, 2.05) is 10.8 Å². The van der Waals surface area contributed by atoms with E-state index in [1.54, 1.807) is 12.5 Å². The van der Waals surface area contributed by atoms with E-state index in [9.17, 15) is 4.79 Å². The number of benzene rings is 1. The van der Waals surface area contributed by atoms with Gasteiger partial charge in [-0.2, -0.15) is 0 Å². The highest BCUT2D eigenvalue weighted by atomic mass is 16.1. The molecule has 98 valence electrons. The van der Waals surface area contributed by atoms with E-state index in [1.165, 1.54) is 31.2 Å². The molecule has 1 aliphatic carbocycles. The molecular weight excluding hydrogens is 236 g/mol. The van der Waals surface area contributed by atoms with Crippen LogP contribution in [0.25, 0.3) is 0 Å². The van der Waals surface area contributed by atoms with E-state index in [-0.39, 0.29) is 6.04 Å². The second-order valence-electron chi connectivity index (χ2n) is 5.24. The van der Waals surface area contributed by atoms with E-state index in [0.717, 1.165) is 17.8 Å². The van der Waals surface area contributed by atoms with Crippen LogP contribution in [0.3, 0.4) is 0 Å². The van der Waals surface area contributed by atoms with Gasteiger partial charge in [0.2, 0.25) is 0 Å². The number of hydrogen-bond acceptors (Lipinski definition) is 2. The van der Waals surface area contributed by atoms with Gasteiger partial charge in [0, 0.05) is 12.4 Å².